The van der Waals surface area contributed by atoms with E-state index in [2.05, 4.69) is 10.6 Å². The van der Waals surface area contributed by atoms with E-state index in [1.165, 1.54) is 18.2 Å². The van der Waals surface area contributed by atoms with Gasteiger partial charge in [-0.1, -0.05) is 11.6 Å². The van der Waals surface area contributed by atoms with Crippen molar-refractivity contribution in [1.82, 2.24) is 15.5 Å². The van der Waals surface area contributed by atoms with E-state index >= 15 is 0 Å². The summed E-state index contributed by atoms with van der Waals surface area (Å²) in [7, 11) is 1.61. The molecule has 1 aliphatic heterocycles. The number of benzene rings is 1. The molecule has 2 amide bonds. The van der Waals surface area contributed by atoms with E-state index in [1.807, 2.05) is 11.8 Å². The lowest BCUT2D eigenvalue weighted by Gasteiger charge is -2.22. The molecule has 25 heavy (non-hydrogen) atoms. The van der Waals surface area contributed by atoms with Crippen molar-refractivity contribution in [2.24, 2.45) is 0 Å². The third kappa shape index (κ3) is 5.07. The van der Waals surface area contributed by atoms with Crippen LogP contribution in [-0.2, 0) is 9.53 Å². The number of nitrogens with one attached hydrogen (secondary N) is 2. The lowest BCUT2D eigenvalue weighted by molar-refractivity contribution is -0.125. The first-order chi connectivity index (χ1) is 12.0. The fraction of sp³-hybridized carbons (Fsp3) is 0.529. The summed E-state index contributed by atoms with van der Waals surface area (Å²) < 4.78 is 5.10. The number of hydrogen-bond acceptors (Lipinski definition) is 5. The predicted molar refractivity (Wildman–Crippen MR) is 94.9 cm³/mol. The highest BCUT2D eigenvalue weighted by Gasteiger charge is 2.37. The Morgan fingerprint density at radius 2 is 2.20 bits per heavy atom. The van der Waals surface area contributed by atoms with Crippen molar-refractivity contribution >= 4 is 23.4 Å². The molecule has 0 saturated carbocycles. The molecule has 7 nitrogen and oxygen atoms in total. The number of rotatable bonds is 7. The topological polar surface area (TPSA) is 90.9 Å². The van der Waals surface area contributed by atoms with Crippen molar-refractivity contribution in [2.45, 2.75) is 25.4 Å². The van der Waals surface area contributed by atoms with Crippen molar-refractivity contribution < 1.29 is 19.4 Å². The van der Waals surface area contributed by atoms with Crippen LogP contribution in [0.15, 0.2) is 18.2 Å². The minimum atomic E-state index is -0.409. The van der Waals surface area contributed by atoms with Crippen molar-refractivity contribution in [1.29, 1.82) is 0 Å². The van der Waals surface area contributed by atoms with Gasteiger partial charge in [0.2, 0.25) is 5.91 Å². The Hall–Kier alpha value is -1.83. The summed E-state index contributed by atoms with van der Waals surface area (Å²) >= 11 is 5.89. The van der Waals surface area contributed by atoms with Gasteiger partial charge in [0.25, 0.3) is 5.91 Å². The summed E-state index contributed by atoms with van der Waals surface area (Å²) in [5, 5.41) is 15.9. The Morgan fingerprint density at radius 1 is 1.44 bits per heavy atom. The highest BCUT2D eigenvalue weighted by molar-refractivity contribution is 6.31. The first-order valence-corrected chi connectivity index (χ1v) is 8.64. The number of phenolic OH excluding ortho intramolecular Hbond substituents is 1. The molecule has 0 unspecified atom stereocenters. The summed E-state index contributed by atoms with van der Waals surface area (Å²) in [4.78, 5) is 26.7. The van der Waals surface area contributed by atoms with Crippen molar-refractivity contribution in [3.63, 3.8) is 0 Å². The number of phenols is 1. The van der Waals surface area contributed by atoms with E-state index in [4.69, 9.17) is 16.3 Å². The maximum atomic E-state index is 12.4. The van der Waals surface area contributed by atoms with E-state index < -0.39 is 5.91 Å². The molecule has 1 saturated heterocycles. The average Bonchev–Trinajstić information content (AvgIpc) is 2.98. The SMILES string of the molecule is CCNC(=O)[C@@H]1C[C@H](NC(=O)c2cc(Cl)ccc2O)CN1CCOC. The summed E-state index contributed by atoms with van der Waals surface area (Å²) in [6, 6.07) is 3.81. The molecule has 1 aromatic rings. The number of likely N-dealkylation sites (N-methyl/N-ethyl adjacent to an activating group) is 1. The molecule has 1 aliphatic rings. The van der Waals surface area contributed by atoms with E-state index in [0.29, 0.717) is 37.7 Å². The number of ether oxygens (including phenoxy) is 1. The van der Waals surface area contributed by atoms with Gasteiger partial charge in [-0.2, -0.15) is 0 Å². The standard InChI is InChI=1S/C17H24ClN3O4/c1-3-19-17(24)14-9-12(10-21(14)6-7-25-2)20-16(23)13-8-11(18)4-5-15(13)22/h4-5,8,12,14,22H,3,6-7,9-10H2,1-2H3,(H,19,24)(H,20,23)/t12-,14-/m0/s1. The molecule has 8 heteroatoms. The minimum absolute atomic E-state index is 0.0547. The Kier molecular flexibility index (Phi) is 7.04. The quantitative estimate of drug-likeness (QED) is 0.667. The van der Waals surface area contributed by atoms with Crippen molar-refractivity contribution in [3.8, 4) is 5.75 Å². The van der Waals surface area contributed by atoms with Gasteiger partial charge in [0.15, 0.2) is 0 Å². The molecule has 0 aliphatic carbocycles. The largest absolute Gasteiger partial charge is 0.507 e. The van der Waals surface area contributed by atoms with E-state index in [-0.39, 0.29) is 29.3 Å². The third-order valence-corrected chi connectivity index (χ3v) is 4.41. The van der Waals surface area contributed by atoms with Gasteiger partial charge in [-0.15, -0.1) is 0 Å². The van der Waals surface area contributed by atoms with Crippen LogP contribution in [0.4, 0.5) is 0 Å². The second kappa shape index (κ2) is 9.03. The van der Waals surface area contributed by atoms with E-state index in [1.54, 1.807) is 7.11 Å². The molecule has 0 bridgehead atoms. The molecular formula is C17H24ClN3O4. The Labute approximate surface area is 152 Å². The van der Waals surface area contributed by atoms with Crippen LogP contribution >= 0.6 is 11.6 Å². The van der Waals surface area contributed by atoms with Crippen LogP contribution in [0.1, 0.15) is 23.7 Å². The zero-order valence-corrected chi connectivity index (χ0v) is 15.2. The van der Waals surface area contributed by atoms with Crippen LogP contribution in [0.25, 0.3) is 0 Å². The molecule has 2 atom stereocenters. The van der Waals surface area contributed by atoms with Crippen molar-refractivity contribution in [3.05, 3.63) is 28.8 Å². The number of aromatic hydroxyl groups is 1. The van der Waals surface area contributed by atoms with Crippen LogP contribution in [0.3, 0.4) is 0 Å². The van der Waals surface area contributed by atoms with Gasteiger partial charge in [0, 0.05) is 37.8 Å². The number of carbonyl (C=O) groups is 2. The molecule has 0 aromatic heterocycles. The second-order valence-electron chi connectivity index (χ2n) is 5.97. The van der Waals surface area contributed by atoms with Crippen LogP contribution in [0, 0.1) is 0 Å². The van der Waals surface area contributed by atoms with Crippen LogP contribution in [0.2, 0.25) is 5.02 Å². The zero-order chi connectivity index (χ0) is 18.4. The normalized spacial score (nSPS) is 20.4. The summed E-state index contributed by atoms with van der Waals surface area (Å²) in [6.45, 7) is 4.07. The molecule has 1 fully saturated rings. The smallest absolute Gasteiger partial charge is 0.255 e. The monoisotopic (exact) mass is 369 g/mol. The number of amides is 2. The van der Waals surface area contributed by atoms with Gasteiger partial charge >= 0.3 is 0 Å². The minimum Gasteiger partial charge on any atom is -0.507 e. The molecule has 0 radical (unpaired) electrons. The first kappa shape index (κ1) is 19.5. The highest BCUT2D eigenvalue weighted by Crippen LogP contribution is 2.23. The van der Waals surface area contributed by atoms with Gasteiger partial charge in [-0.25, -0.2) is 0 Å². The number of hydrogen-bond donors (Lipinski definition) is 3. The number of likely N-dealkylation sites (tertiary alicyclic amines) is 1. The molecule has 1 aromatic carbocycles. The number of nitrogens with zero attached hydrogens (tertiary/aromatic N) is 1. The van der Waals surface area contributed by atoms with Crippen molar-refractivity contribution in [2.75, 3.05) is 33.4 Å². The van der Waals surface area contributed by atoms with Crippen LogP contribution in [0.5, 0.6) is 5.75 Å². The first-order valence-electron chi connectivity index (χ1n) is 8.26. The summed E-state index contributed by atoms with van der Waals surface area (Å²) in [5.41, 5.74) is 0.123. The van der Waals surface area contributed by atoms with Gasteiger partial charge in [0.1, 0.15) is 5.75 Å². The second-order valence-corrected chi connectivity index (χ2v) is 6.40. The fourth-order valence-electron chi connectivity index (χ4n) is 2.98. The van der Waals surface area contributed by atoms with Gasteiger partial charge in [-0.3, -0.25) is 14.5 Å². The number of methoxy groups -OCH3 is 1. The lowest BCUT2D eigenvalue weighted by Crippen LogP contribution is -2.44. The molecule has 3 N–H and O–H groups in total. The molecule has 1 heterocycles. The van der Waals surface area contributed by atoms with Crippen LogP contribution in [-0.4, -0.2) is 67.3 Å². The summed E-state index contributed by atoms with van der Waals surface area (Å²) in [6.07, 6.45) is 0.503. The Bertz CT molecular complexity index is 626. The van der Waals surface area contributed by atoms with Gasteiger partial charge in [-0.05, 0) is 31.5 Å². The van der Waals surface area contributed by atoms with E-state index in [9.17, 15) is 14.7 Å². The van der Waals surface area contributed by atoms with Gasteiger partial charge in [0.05, 0.1) is 18.2 Å². The average molecular weight is 370 g/mol. The lowest BCUT2D eigenvalue weighted by atomic mass is 10.1. The molecule has 138 valence electrons. The molecule has 0 spiro atoms. The molecular weight excluding hydrogens is 346 g/mol. The molecule has 2 rings (SSSR count). The van der Waals surface area contributed by atoms with E-state index in [0.717, 1.165) is 0 Å². The Balaban J connectivity index is 2.05. The highest BCUT2D eigenvalue weighted by atomic mass is 35.5. The zero-order valence-electron chi connectivity index (χ0n) is 14.4. The van der Waals surface area contributed by atoms with Gasteiger partial charge < -0.3 is 20.5 Å². The fourth-order valence-corrected chi connectivity index (χ4v) is 3.15. The number of carbonyl (C=O) groups excluding carboxylic acids is 2. The Morgan fingerprint density at radius 3 is 2.88 bits per heavy atom. The predicted octanol–water partition coefficient (Wildman–Crippen LogP) is 1.00. The summed E-state index contributed by atoms with van der Waals surface area (Å²) in [5.74, 6) is -0.592. The maximum absolute atomic E-state index is 12.4. The third-order valence-electron chi connectivity index (χ3n) is 4.18. The number of halogens is 1. The maximum Gasteiger partial charge on any atom is 0.255 e. The van der Waals surface area contributed by atoms with Crippen LogP contribution < -0.4 is 10.6 Å².